The number of carbonyl (C=O) groups excluding carboxylic acids is 1. The number of carbonyl (C=O) groups is 1. The number of hydrogen-bond acceptors (Lipinski definition) is 9. The van der Waals surface area contributed by atoms with Crippen LogP contribution in [0.4, 0.5) is 11.4 Å². The minimum atomic E-state index is -0.447. The van der Waals surface area contributed by atoms with E-state index in [0.29, 0.717) is 16.7 Å². The summed E-state index contributed by atoms with van der Waals surface area (Å²) in [6.45, 7) is 5.85. The highest BCUT2D eigenvalue weighted by Gasteiger charge is 2.35. The van der Waals surface area contributed by atoms with Gasteiger partial charge in [0.05, 0.1) is 12.3 Å². The second-order valence-electron chi connectivity index (χ2n) is 6.67. The Labute approximate surface area is 191 Å². The predicted octanol–water partition coefficient (Wildman–Crippen LogP) is 5.18. The normalized spacial score (nSPS) is 15.0. The summed E-state index contributed by atoms with van der Waals surface area (Å²) in [5.74, 6) is 0.672. The number of hydrogen-bond donors (Lipinski definition) is 0. The molecule has 3 rings (SSSR count). The van der Waals surface area contributed by atoms with E-state index in [2.05, 4.69) is 21.4 Å². The summed E-state index contributed by atoms with van der Waals surface area (Å²) in [4.78, 5) is 14.1. The Morgan fingerprint density at radius 2 is 1.88 bits per heavy atom. The average molecular weight is 449 g/mol. The highest BCUT2D eigenvalue weighted by Crippen LogP contribution is 2.34. The lowest BCUT2D eigenvalue weighted by atomic mass is 10.2. The summed E-state index contributed by atoms with van der Waals surface area (Å²) in [6, 6.07) is 19.1. The lowest BCUT2D eigenvalue weighted by Crippen LogP contribution is -2.32. The van der Waals surface area contributed by atoms with Crippen molar-refractivity contribution in [2.45, 2.75) is 20.8 Å². The van der Waals surface area contributed by atoms with Gasteiger partial charge in [0.2, 0.25) is 5.70 Å². The fraction of sp³-hybridized carbons (Fsp3) is 0.261. The van der Waals surface area contributed by atoms with E-state index in [1.165, 1.54) is 16.8 Å². The van der Waals surface area contributed by atoms with Crippen molar-refractivity contribution in [2.75, 3.05) is 23.8 Å². The van der Waals surface area contributed by atoms with Crippen LogP contribution in [-0.4, -0.2) is 35.1 Å². The third-order valence-electron chi connectivity index (χ3n) is 4.34. The van der Waals surface area contributed by atoms with E-state index in [9.17, 15) is 10.1 Å². The van der Waals surface area contributed by atoms with Gasteiger partial charge in [0.15, 0.2) is 11.0 Å². The number of nitrogens with zero attached hydrogens (tertiary/aromatic N) is 6. The smallest absolute Gasteiger partial charge is 0.327 e. The van der Waals surface area contributed by atoms with Gasteiger partial charge in [-0.1, -0.05) is 54.6 Å². The number of amidine groups is 1. The van der Waals surface area contributed by atoms with Crippen LogP contribution in [0.1, 0.15) is 19.4 Å². The molecule has 0 radical (unpaired) electrons. The molecule has 2 aromatic rings. The lowest BCUT2D eigenvalue weighted by molar-refractivity contribution is -0.143. The van der Waals surface area contributed by atoms with E-state index >= 15 is 0 Å². The van der Waals surface area contributed by atoms with Crippen LogP contribution in [0.25, 0.3) is 0 Å². The van der Waals surface area contributed by atoms with Gasteiger partial charge in [0.25, 0.3) is 0 Å². The molecule has 0 unspecified atom stereocenters. The highest BCUT2D eigenvalue weighted by atomic mass is 32.2. The van der Waals surface area contributed by atoms with Gasteiger partial charge >= 0.3 is 5.97 Å². The molecule has 1 aliphatic rings. The molecule has 0 aliphatic carbocycles. The second-order valence-corrected chi connectivity index (χ2v) is 7.90. The van der Waals surface area contributed by atoms with Crippen LogP contribution in [-0.2, 0) is 9.53 Å². The molecule has 32 heavy (non-hydrogen) atoms. The first-order chi connectivity index (χ1) is 15.6. The van der Waals surface area contributed by atoms with Crippen LogP contribution in [0, 0.1) is 18.3 Å². The molecule has 0 amide bonds. The zero-order chi connectivity index (χ0) is 22.9. The van der Waals surface area contributed by atoms with Gasteiger partial charge in [-0.25, -0.2) is 5.01 Å². The number of nitriles is 1. The number of thioether (sulfide) groups is 1. The van der Waals surface area contributed by atoms with Crippen LogP contribution in [0.15, 0.2) is 81.4 Å². The zero-order valence-electron chi connectivity index (χ0n) is 18.2. The van der Waals surface area contributed by atoms with Crippen LogP contribution in [0.3, 0.4) is 0 Å². The maximum atomic E-state index is 12.3. The van der Waals surface area contributed by atoms with Crippen LogP contribution in [0.5, 0.6) is 0 Å². The van der Waals surface area contributed by atoms with E-state index in [4.69, 9.17) is 4.74 Å². The van der Waals surface area contributed by atoms with E-state index in [1.54, 1.807) is 6.92 Å². The number of rotatable bonds is 7. The van der Waals surface area contributed by atoms with Crippen LogP contribution in [0.2, 0.25) is 0 Å². The van der Waals surface area contributed by atoms with Gasteiger partial charge in [0, 0.05) is 5.69 Å². The first-order valence-electron chi connectivity index (χ1n) is 10.2. The molecular formula is C23H24N6O2S. The number of benzene rings is 2. The molecule has 0 fully saturated rings. The predicted molar refractivity (Wildman–Crippen MR) is 126 cm³/mol. The zero-order valence-corrected chi connectivity index (χ0v) is 19.0. The van der Waals surface area contributed by atoms with Crippen molar-refractivity contribution < 1.29 is 9.53 Å². The molecule has 0 N–H and O–H groups in total. The van der Waals surface area contributed by atoms with Crippen molar-refractivity contribution in [3.05, 3.63) is 71.7 Å². The summed E-state index contributed by atoms with van der Waals surface area (Å²) >= 11 is 1.50. The SMILES string of the molecule is CCOC(=O)CN1N=C(SCC)N(c2ccccc2)/C1=C(/C#N)N=Nc1ccc(C)cc1. The number of anilines is 1. The van der Waals surface area contributed by atoms with Gasteiger partial charge < -0.3 is 4.74 Å². The largest absolute Gasteiger partial charge is 0.465 e. The third-order valence-corrected chi connectivity index (χ3v) is 5.15. The number of aryl methyl sites for hydroxylation is 1. The molecule has 0 atom stereocenters. The van der Waals surface area contributed by atoms with Crippen molar-refractivity contribution in [1.29, 1.82) is 5.26 Å². The molecule has 1 aliphatic heterocycles. The van der Waals surface area contributed by atoms with E-state index < -0.39 is 5.97 Å². The third kappa shape index (κ3) is 5.53. The topological polar surface area (TPSA) is 93.7 Å². The van der Waals surface area contributed by atoms with Gasteiger partial charge in [-0.05, 0) is 43.9 Å². The lowest BCUT2D eigenvalue weighted by Gasteiger charge is -2.24. The number of para-hydroxylation sites is 1. The van der Waals surface area contributed by atoms with Crippen molar-refractivity contribution in [3.63, 3.8) is 0 Å². The van der Waals surface area contributed by atoms with Crippen molar-refractivity contribution in [3.8, 4) is 6.07 Å². The molecular weight excluding hydrogens is 424 g/mol. The number of ether oxygens (including phenoxy) is 1. The highest BCUT2D eigenvalue weighted by molar-refractivity contribution is 8.14. The van der Waals surface area contributed by atoms with E-state index in [-0.39, 0.29) is 18.8 Å². The molecule has 0 bridgehead atoms. The Bertz CT molecular complexity index is 1070. The van der Waals surface area contributed by atoms with Gasteiger partial charge in [0.1, 0.15) is 12.6 Å². The fourth-order valence-corrected chi connectivity index (χ4v) is 3.67. The number of esters is 1. The second kappa shape index (κ2) is 11.1. The summed E-state index contributed by atoms with van der Waals surface area (Å²) in [5.41, 5.74) is 2.55. The Morgan fingerprint density at radius 1 is 1.16 bits per heavy atom. The summed E-state index contributed by atoms with van der Waals surface area (Å²) in [6.07, 6.45) is 0. The van der Waals surface area contributed by atoms with Gasteiger partial charge in [-0.2, -0.15) is 5.26 Å². The first kappa shape index (κ1) is 23.0. The Balaban J connectivity index is 2.09. The minimum Gasteiger partial charge on any atom is -0.465 e. The molecule has 0 saturated heterocycles. The average Bonchev–Trinajstić information content (AvgIpc) is 3.14. The molecule has 0 saturated carbocycles. The molecule has 164 valence electrons. The molecule has 8 nitrogen and oxygen atoms in total. The van der Waals surface area contributed by atoms with Crippen LogP contribution < -0.4 is 4.90 Å². The van der Waals surface area contributed by atoms with Crippen LogP contribution >= 0.6 is 11.8 Å². The maximum Gasteiger partial charge on any atom is 0.327 e. The Morgan fingerprint density at radius 3 is 2.50 bits per heavy atom. The summed E-state index contributed by atoms with van der Waals surface area (Å²) in [7, 11) is 0. The number of azo groups is 1. The van der Waals surface area contributed by atoms with Gasteiger partial charge in [-0.3, -0.25) is 9.69 Å². The van der Waals surface area contributed by atoms with Gasteiger partial charge in [-0.15, -0.1) is 15.3 Å². The number of allylic oxidation sites excluding steroid dienone is 1. The van der Waals surface area contributed by atoms with Crippen molar-refractivity contribution in [1.82, 2.24) is 5.01 Å². The molecule has 2 aromatic carbocycles. The monoisotopic (exact) mass is 448 g/mol. The maximum absolute atomic E-state index is 12.3. The Kier molecular flexibility index (Phi) is 8.00. The van der Waals surface area contributed by atoms with Crippen molar-refractivity contribution in [2.24, 2.45) is 15.3 Å². The van der Waals surface area contributed by atoms with E-state index in [0.717, 1.165) is 17.0 Å². The molecule has 9 heteroatoms. The number of hydrazone groups is 1. The van der Waals surface area contributed by atoms with E-state index in [1.807, 2.05) is 73.3 Å². The van der Waals surface area contributed by atoms with Crippen molar-refractivity contribution >= 4 is 34.3 Å². The minimum absolute atomic E-state index is 0.0363. The standard InChI is InChI=1S/C23H24N6O2S/c1-4-31-21(30)16-28-22(20(15-24)26-25-18-13-11-17(3)12-14-18)29(23(27-28)32-5-2)19-9-7-6-8-10-19/h6-14H,4-5,16H2,1-3H3/b22-20-,26-25?. The molecule has 1 heterocycles. The Hall–Kier alpha value is -3.64. The quantitative estimate of drug-likeness (QED) is 0.329. The first-order valence-corrected chi connectivity index (χ1v) is 11.2. The molecule has 0 spiro atoms. The fourth-order valence-electron chi connectivity index (χ4n) is 2.94. The summed E-state index contributed by atoms with van der Waals surface area (Å²) < 4.78 is 5.11. The summed E-state index contributed by atoms with van der Waals surface area (Å²) in [5, 5.41) is 25.1. The molecule has 0 aromatic heterocycles.